The molecule has 2 aromatic rings. The zero-order valence-corrected chi connectivity index (χ0v) is 18.1. The lowest BCUT2D eigenvalue weighted by atomic mass is 9.88. The number of carbonyl (C=O) groups is 1. The Hall–Kier alpha value is -2.81. The van der Waals surface area contributed by atoms with Crippen LogP contribution in [0, 0.1) is 23.6 Å². The van der Waals surface area contributed by atoms with Gasteiger partial charge in [0.05, 0.1) is 17.8 Å². The number of benzene rings is 1. The number of hydrogen-bond acceptors (Lipinski definition) is 7. The minimum atomic E-state index is -0.536. The third-order valence-electron chi connectivity index (χ3n) is 6.37. The van der Waals surface area contributed by atoms with Gasteiger partial charge >= 0.3 is 0 Å². The van der Waals surface area contributed by atoms with Crippen LogP contribution in [-0.4, -0.2) is 35.0 Å². The first-order chi connectivity index (χ1) is 15.0. The van der Waals surface area contributed by atoms with E-state index in [1.165, 1.54) is 5.56 Å². The number of amides is 1. The molecule has 1 aromatic carbocycles. The van der Waals surface area contributed by atoms with Gasteiger partial charge in [-0.3, -0.25) is 4.79 Å². The number of rotatable bonds is 6. The van der Waals surface area contributed by atoms with Crippen molar-refractivity contribution in [3.63, 3.8) is 0 Å². The number of hydrogen-bond donors (Lipinski definition) is 4. The molecule has 2 heterocycles. The van der Waals surface area contributed by atoms with Crippen molar-refractivity contribution in [1.29, 1.82) is 0 Å². The van der Waals surface area contributed by atoms with Gasteiger partial charge in [0.1, 0.15) is 0 Å². The van der Waals surface area contributed by atoms with Gasteiger partial charge in [0.25, 0.3) is 0 Å². The van der Waals surface area contributed by atoms with Crippen LogP contribution in [0.25, 0.3) is 0 Å². The van der Waals surface area contributed by atoms with E-state index < -0.39 is 5.82 Å². The first-order valence-electron chi connectivity index (χ1n) is 10.6. The molecule has 5 rings (SSSR count). The van der Waals surface area contributed by atoms with Crippen LogP contribution in [0.1, 0.15) is 18.9 Å². The molecule has 4 atom stereocenters. The van der Waals surface area contributed by atoms with Crippen molar-refractivity contribution in [2.45, 2.75) is 25.8 Å². The first kappa shape index (κ1) is 20.1. The number of allylic oxidation sites excluding steroid dienone is 1. The second kappa shape index (κ2) is 8.03. The summed E-state index contributed by atoms with van der Waals surface area (Å²) in [5.74, 6) is 0.00572. The molecule has 1 aromatic heterocycles. The molecule has 1 saturated carbocycles. The molecule has 162 valence electrons. The van der Waals surface area contributed by atoms with Crippen LogP contribution in [0.5, 0.6) is 0 Å². The average Bonchev–Trinajstić information content (AvgIpc) is 3.46. The maximum absolute atomic E-state index is 14.6. The first-order valence-corrected chi connectivity index (χ1v) is 11.0. The molecule has 9 heteroatoms. The lowest BCUT2D eigenvalue weighted by Gasteiger charge is -2.28. The van der Waals surface area contributed by atoms with E-state index >= 15 is 0 Å². The minimum absolute atomic E-state index is 0.000960. The number of nitrogens with one attached hydrogen (secondary N) is 3. The lowest BCUT2D eigenvalue weighted by Crippen LogP contribution is -2.43. The normalized spacial score (nSPS) is 25.6. The number of nitrogens with zero attached hydrogens (tertiary/aromatic N) is 3. The maximum Gasteiger partial charge on any atom is 0.229 e. The second-order valence-electron chi connectivity index (χ2n) is 8.27. The monoisotopic (exact) mass is 440 g/mol. The Morgan fingerprint density at radius 2 is 2.16 bits per heavy atom. The summed E-state index contributed by atoms with van der Waals surface area (Å²) in [4.78, 5) is 21.1. The predicted octanol–water partition coefficient (Wildman–Crippen LogP) is 3.31. The van der Waals surface area contributed by atoms with E-state index in [1.54, 1.807) is 0 Å². The van der Waals surface area contributed by atoms with Crippen molar-refractivity contribution in [3.05, 3.63) is 47.9 Å². The molecule has 3 aliphatic rings. The highest BCUT2D eigenvalue weighted by Gasteiger charge is 2.48. The third-order valence-corrected chi connectivity index (χ3v) is 6.78. The number of aromatic nitrogens is 2. The molecule has 0 saturated heterocycles. The Morgan fingerprint density at radius 1 is 1.32 bits per heavy atom. The molecule has 1 aliphatic heterocycles. The van der Waals surface area contributed by atoms with E-state index in [-0.39, 0.29) is 35.5 Å². The van der Waals surface area contributed by atoms with Gasteiger partial charge < -0.3 is 20.3 Å². The highest BCUT2D eigenvalue weighted by atomic mass is 32.1. The fraction of sp³-hybridized carbons (Fsp3) is 0.409. The topological polar surface area (TPSA) is 82.2 Å². The Morgan fingerprint density at radius 3 is 3.00 bits per heavy atom. The quantitative estimate of drug-likeness (QED) is 0.408. The largest absolute Gasteiger partial charge is 0.363 e. The summed E-state index contributed by atoms with van der Waals surface area (Å²) in [6.45, 7) is 3.34. The van der Waals surface area contributed by atoms with Gasteiger partial charge in [-0.05, 0) is 55.4 Å². The SMILES string of the molecule is CCNC(=O)C1C2C=CC(C2)C1Nc1nc(Nc2ccc3c(c2)CCN3S)ncc1F. The number of carbonyl (C=O) groups excluding carboxylic acids is 1. The van der Waals surface area contributed by atoms with Crippen LogP contribution in [0.4, 0.5) is 27.5 Å². The van der Waals surface area contributed by atoms with Gasteiger partial charge in [-0.1, -0.05) is 25.0 Å². The van der Waals surface area contributed by atoms with Crippen LogP contribution in [0.3, 0.4) is 0 Å². The highest BCUT2D eigenvalue weighted by molar-refractivity contribution is 7.81. The lowest BCUT2D eigenvalue weighted by molar-refractivity contribution is -0.125. The summed E-state index contributed by atoms with van der Waals surface area (Å²) in [5, 5.41) is 9.28. The number of thiol groups is 1. The summed E-state index contributed by atoms with van der Waals surface area (Å²) in [6, 6.07) is 5.77. The summed E-state index contributed by atoms with van der Waals surface area (Å²) in [6.07, 6.45) is 7.20. The van der Waals surface area contributed by atoms with E-state index in [0.29, 0.717) is 12.5 Å². The Bertz CT molecular complexity index is 1050. The summed E-state index contributed by atoms with van der Waals surface area (Å²) >= 11 is 4.44. The zero-order chi connectivity index (χ0) is 21.5. The van der Waals surface area contributed by atoms with Crippen LogP contribution in [-0.2, 0) is 11.2 Å². The molecule has 0 spiro atoms. The number of fused-ring (bicyclic) bond motifs is 3. The standard InChI is InChI=1S/C22H25FN6OS/c1-2-24-21(30)18-13-3-4-14(9-13)19(18)27-20-16(23)11-25-22(28-20)26-15-5-6-17-12(10-15)7-8-29(17)31/h3-6,10-11,13-14,18-19,31H,2,7-9H2,1H3,(H,24,30)(H2,25,26,27,28). The van der Waals surface area contributed by atoms with Crippen molar-refractivity contribution in [1.82, 2.24) is 15.3 Å². The Balaban J connectivity index is 1.35. The Kier molecular flexibility index (Phi) is 5.21. The van der Waals surface area contributed by atoms with Crippen LogP contribution in [0.15, 0.2) is 36.5 Å². The molecule has 0 radical (unpaired) electrons. The smallest absolute Gasteiger partial charge is 0.229 e. The molecule has 31 heavy (non-hydrogen) atoms. The van der Waals surface area contributed by atoms with E-state index in [2.05, 4.69) is 50.9 Å². The van der Waals surface area contributed by atoms with Gasteiger partial charge in [0.2, 0.25) is 11.9 Å². The van der Waals surface area contributed by atoms with Gasteiger partial charge in [0, 0.05) is 24.8 Å². The minimum Gasteiger partial charge on any atom is -0.363 e. The molecule has 1 amide bonds. The summed E-state index contributed by atoms with van der Waals surface area (Å²) < 4.78 is 16.5. The van der Waals surface area contributed by atoms with Crippen molar-refractivity contribution in [2.24, 2.45) is 17.8 Å². The summed E-state index contributed by atoms with van der Waals surface area (Å²) in [5.41, 5.74) is 3.12. The van der Waals surface area contributed by atoms with Gasteiger partial charge in [-0.15, -0.1) is 0 Å². The van der Waals surface area contributed by atoms with E-state index in [9.17, 15) is 9.18 Å². The maximum atomic E-state index is 14.6. The fourth-order valence-corrected chi connectivity index (χ4v) is 5.24. The molecule has 7 nitrogen and oxygen atoms in total. The van der Waals surface area contributed by atoms with Crippen molar-refractivity contribution < 1.29 is 9.18 Å². The van der Waals surface area contributed by atoms with Gasteiger partial charge in [0.15, 0.2) is 11.6 Å². The predicted molar refractivity (Wildman–Crippen MR) is 122 cm³/mol. The molecule has 1 fully saturated rings. The number of halogens is 1. The molecular weight excluding hydrogens is 415 g/mol. The molecule has 2 aliphatic carbocycles. The number of anilines is 4. The van der Waals surface area contributed by atoms with E-state index in [1.807, 2.05) is 29.4 Å². The highest BCUT2D eigenvalue weighted by Crippen LogP contribution is 2.45. The second-order valence-corrected chi connectivity index (χ2v) is 8.75. The van der Waals surface area contributed by atoms with Crippen molar-refractivity contribution in [3.8, 4) is 0 Å². The Labute approximate surface area is 186 Å². The summed E-state index contributed by atoms with van der Waals surface area (Å²) in [7, 11) is 0. The third kappa shape index (κ3) is 3.71. The molecule has 2 bridgehead atoms. The molecule has 4 unspecified atom stereocenters. The van der Waals surface area contributed by atoms with Crippen molar-refractivity contribution >= 4 is 41.9 Å². The van der Waals surface area contributed by atoms with Gasteiger partial charge in [-0.25, -0.2) is 9.37 Å². The van der Waals surface area contributed by atoms with Crippen LogP contribution >= 0.6 is 12.8 Å². The zero-order valence-electron chi connectivity index (χ0n) is 17.2. The van der Waals surface area contributed by atoms with E-state index in [4.69, 9.17) is 0 Å². The molecule has 3 N–H and O–H groups in total. The fourth-order valence-electron chi connectivity index (χ4n) is 4.95. The van der Waals surface area contributed by atoms with Gasteiger partial charge in [-0.2, -0.15) is 4.98 Å². The average molecular weight is 441 g/mol. The molecular formula is C22H25FN6OS. The van der Waals surface area contributed by atoms with E-state index in [0.717, 1.165) is 37.0 Å². The van der Waals surface area contributed by atoms with Crippen LogP contribution < -0.4 is 20.3 Å². The van der Waals surface area contributed by atoms with Crippen molar-refractivity contribution in [2.75, 3.05) is 28.0 Å². The van der Waals surface area contributed by atoms with Crippen LogP contribution in [0.2, 0.25) is 0 Å².